The van der Waals surface area contributed by atoms with Crippen molar-refractivity contribution in [3.05, 3.63) is 35.4 Å². The summed E-state index contributed by atoms with van der Waals surface area (Å²) in [6.07, 6.45) is 2.21. The number of amides is 2. The molecule has 104 valence electrons. The molecule has 0 unspecified atom stereocenters. The largest absolute Gasteiger partial charge is 0.366 e. The number of hydrogen-bond acceptors (Lipinski definition) is 3. The van der Waals surface area contributed by atoms with Gasteiger partial charge in [0.05, 0.1) is 0 Å². The van der Waals surface area contributed by atoms with E-state index in [1.54, 1.807) is 24.1 Å². The Balaban J connectivity index is 2.49. The minimum absolute atomic E-state index is 0.104. The Bertz CT molecular complexity index is 429. The van der Waals surface area contributed by atoms with Gasteiger partial charge >= 0.3 is 0 Å². The van der Waals surface area contributed by atoms with E-state index in [1.165, 1.54) is 0 Å². The molecular weight excluding hydrogens is 242 g/mol. The Morgan fingerprint density at radius 2 is 1.79 bits per heavy atom. The molecule has 0 bridgehead atoms. The maximum atomic E-state index is 11.8. The van der Waals surface area contributed by atoms with E-state index in [0.29, 0.717) is 25.1 Å². The molecule has 5 heteroatoms. The molecular formula is C14H21N3O2. The van der Waals surface area contributed by atoms with Crippen molar-refractivity contribution in [1.82, 2.24) is 4.90 Å². The van der Waals surface area contributed by atoms with E-state index in [9.17, 15) is 9.59 Å². The van der Waals surface area contributed by atoms with E-state index >= 15 is 0 Å². The maximum Gasteiger partial charge on any atom is 0.248 e. The van der Waals surface area contributed by atoms with E-state index in [-0.39, 0.29) is 5.91 Å². The van der Waals surface area contributed by atoms with Crippen molar-refractivity contribution < 1.29 is 9.59 Å². The lowest BCUT2D eigenvalue weighted by Gasteiger charge is -2.17. The van der Waals surface area contributed by atoms with E-state index in [4.69, 9.17) is 11.5 Å². The zero-order valence-corrected chi connectivity index (χ0v) is 11.3. The number of carbonyl (C=O) groups excluding carboxylic acids is 2. The lowest BCUT2D eigenvalue weighted by atomic mass is 10.1. The van der Waals surface area contributed by atoms with Gasteiger partial charge in [0, 0.05) is 25.6 Å². The Morgan fingerprint density at radius 1 is 1.16 bits per heavy atom. The molecule has 1 aromatic carbocycles. The van der Waals surface area contributed by atoms with Gasteiger partial charge in [-0.15, -0.1) is 0 Å². The number of benzene rings is 1. The summed E-state index contributed by atoms with van der Waals surface area (Å²) >= 11 is 0. The molecule has 5 nitrogen and oxygen atoms in total. The first kappa shape index (κ1) is 15.2. The fourth-order valence-electron chi connectivity index (χ4n) is 1.75. The van der Waals surface area contributed by atoms with Gasteiger partial charge in [-0.25, -0.2) is 0 Å². The van der Waals surface area contributed by atoms with Gasteiger partial charge in [-0.3, -0.25) is 9.59 Å². The van der Waals surface area contributed by atoms with Crippen LogP contribution >= 0.6 is 0 Å². The molecule has 0 aromatic heterocycles. The summed E-state index contributed by atoms with van der Waals surface area (Å²) < 4.78 is 0. The molecule has 1 aromatic rings. The zero-order valence-electron chi connectivity index (χ0n) is 11.3. The minimum atomic E-state index is -0.447. The Labute approximate surface area is 113 Å². The molecule has 0 spiro atoms. The van der Waals surface area contributed by atoms with E-state index in [2.05, 4.69) is 0 Å². The fourth-order valence-corrected chi connectivity index (χ4v) is 1.75. The molecule has 19 heavy (non-hydrogen) atoms. The predicted molar refractivity (Wildman–Crippen MR) is 74.3 cm³/mol. The van der Waals surface area contributed by atoms with Crippen LogP contribution in [0.3, 0.4) is 0 Å². The zero-order chi connectivity index (χ0) is 14.3. The van der Waals surface area contributed by atoms with Gasteiger partial charge in [0.1, 0.15) is 0 Å². The SMILES string of the molecule is CN(Cc1ccc(C(N)=O)cc1)C(=O)CCCCN. The summed E-state index contributed by atoms with van der Waals surface area (Å²) in [5, 5.41) is 0. The van der Waals surface area contributed by atoms with Gasteiger partial charge in [-0.05, 0) is 37.1 Å². The monoisotopic (exact) mass is 263 g/mol. The standard InChI is InChI=1S/C14H21N3O2/c1-17(13(18)4-2-3-9-15)10-11-5-7-12(8-6-11)14(16)19/h5-8H,2-4,9-10,15H2,1H3,(H2,16,19). The van der Waals surface area contributed by atoms with Crippen LogP contribution in [-0.4, -0.2) is 30.3 Å². The average molecular weight is 263 g/mol. The average Bonchev–Trinajstić information content (AvgIpc) is 2.39. The number of hydrogen-bond donors (Lipinski definition) is 2. The molecule has 0 aliphatic rings. The molecule has 0 saturated carbocycles. The lowest BCUT2D eigenvalue weighted by Crippen LogP contribution is -2.26. The molecule has 0 heterocycles. The molecule has 0 aliphatic heterocycles. The number of primary amides is 1. The third-order valence-electron chi connectivity index (χ3n) is 2.93. The van der Waals surface area contributed by atoms with Crippen LogP contribution in [0.25, 0.3) is 0 Å². The van der Waals surface area contributed by atoms with Gasteiger partial charge in [0.25, 0.3) is 0 Å². The Hall–Kier alpha value is -1.88. The van der Waals surface area contributed by atoms with Crippen LogP contribution in [0, 0.1) is 0 Å². The molecule has 0 atom stereocenters. The molecule has 2 amide bonds. The second-order valence-electron chi connectivity index (χ2n) is 4.56. The van der Waals surface area contributed by atoms with E-state index in [1.807, 2.05) is 12.1 Å². The number of nitrogens with zero attached hydrogens (tertiary/aromatic N) is 1. The number of carbonyl (C=O) groups is 2. The van der Waals surface area contributed by atoms with Crippen molar-refractivity contribution in [3.63, 3.8) is 0 Å². The quantitative estimate of drug-likeness (QED) is 0.715. The molecule has 0 fully saturated rings. The number of unbranched alkanes of at least 4 members (excludes halogenated alkanes) is 1. The first-order chi connectivity index (χ1) is 9.04. The first-order valence-corrected chi connectivity index (χ1v) is 6.37. The van der Waals surface area contributed by atoms with Gasteiger partial charge in [-0.1, -0.05) is 12.1 Å². The topological polar surface area (TPSA) is 89.4 Å². The van der Waals surface area contributed by atoms with Crippen molar-refractivity contribution in [2.45, 2.75) is 25.8 Å². The summed E-state index contributed by atoms with van der Waals surface area (Å²) in [7, 11) is 1.77. The minimum Gasteiger partial charge on any atom is -0.366 e. The summed E-state index contributed by atoms with van der Waals surface area (Å²) in [6, 6.07) is 6.96. The summed E-state index contributed by atoms with van der Waals surface area (Å²) in [5.74, 6) is -0.342. The van der Waals surface area contributed by atoms with Crippen LogP contribution in [0.1, 0.15) is 35.2 Å². The fraction of sp³-hybridized carbons (Fsp3) is 0.429. The maximum absolute atomic E-state index is 11.8. The molecule has 4 N–H and O–H groups in total. The van der Waals surface area contributed by atoms with Crippen molar-refractivity contribution in [1.29, 1.82) is 0 Å². The summed E-state index contributed by atoms with van der Waals surface area (Å²) in [6.45, 7) is 1.14. The van der Waals surface area contributed by atoms with Crippen LogP contribution in [-0.2, 0) is 11.3 Å². The van der Waals surface area contributed by atoms with Gasteiger partial charge in [-0.2, -0.15) is 0 Å². The third kappa shape index (κ3) is 5.09. The van der Waals surface area contributed by atoms with Gasteiger partial charge in [0.2, 0.25) is 11.8 Å². The van der Waals surface area contributed by atoms with E-state index < -0.39 is 5.91 Å². The second-order valence-corrected chi connectivity index (χ2v) is 4.56. The first-order valence-electron chi connectivity index (χ1n) is 6.37. The normalized spacial score (nSPS) is 10.2. The van der Waals surface area contributed by atoms with Crippen molar-refractivity contribution in [3.8, 4) is 0 Å². The Morgan fingerprint density at radius 3 is 2.32 bits per heavy atom. The second kappa shape index (κ2) is 7.53. The van der Waals surface area contributed by atoms with Crippen molar-refractivity contribution in [2.75, 3.05) is 13.6 Å². The summed E-state index contributed by atoms with van der Waals surface area (Å²) in [5.41, 5.74) is 12.0. The highest BCUT2D eigenvalue weighted by molar-refractivity contribution is 5.92. The molecule has 0 aliphatic carbocycles. The number of rotatable bonds is 7. The molecule has 1 rings (SSSR count). The molecule has 0 radical (unpaired) electrons. The summed E-state index contributed by atoms with van der Waals surface area (Å²) in [4.78, 5) is 24.4. The highest BCUT2D eigenvalue weighted by Crippen LogP contribution is 2.08. The molecule has 0 saturated heterocycles. The highest BCUT2D eigenvalue weighted by Gasteiger charge is 2.09. The lowest BCUT2D eigenvalue weighted by molar-refractivity contribution is -0.130. The van der Waals surface area contributed by atoms with Crippen LogP contribution in [0.5, 0.6) is 0 Å². The Kier molecular flexibility index (Phi) is 6.02. The van der Waals surface area contributed by atoms with Gasteiger partial charge in [0.15, 0.2) is 0 Å². The van der Waals surface area contributed by atoms with Crippen molar-refractivity contribution in [2.24, 2.45) is 11.5 Å². The van der Waals surface area contributed by atoms with Crippen LogP contribution in [0.15, 0.2) is 24.3 Å². The van der Waals surface area contributed by atoms with Gasteiger partial charge < -0.3 is 16.4 Å². The van der Waals surface area contributed by atoms with Crippen LogP contribution < -0.4 is 11.5 Å². The van der Waals surface area contributed by atoms with Crippen molar-refractivity contribution >= 4 is 11.8 Å². The van der Waals surface area contributed by atoms with E-state index in [0.717, 1.165) is 18.4 Å². The highest BCUT2D eigenvalue weighted by atomic mass is 16.2. The van der Waals surface area contributed by atoms with Crippen LogP contribution in [0.4, 0.5) is 0 Å². The number of nitrogens with two attached hydrogens (primary N) is 2. The third-order valence-corrected chi connectivity index (χ3v) is 2.93. The van der Waals surface area contributed by atoms with Crippen LogP contribution in [0.2, 0.25) is 0 Å². The predicted octanol–water partition coefficient (Wildman–Crippen LogP) is 0.873. The smallest absolute Gasteiger partial charge is 0.248 e.